The third kappa shape index (κ3) is 3.63. The zero-order valence-corrected chi connectivity index (χ0v) is 13.2. The van der Waals surface area contributed by atoms with E-state index in [0.29, 0.717) is 22.9 Å². The van der Waals surface area contributed by atoms with Crippen LogP contribution in [0.25, 0.3) is 0 Å². The van der Waals surface area contributed by atoms with Gasteiger partial charge in [-0.25, -0.2) is 0 Å². The maximum Gasteiger partial charge on any atom is 0.172 e. The highest BCUT2D eigenvalue weighted by Crippen LogP contribution is 2.36. The van der Waals surface area contributed by atoms with Crippen molar-refractivity contribution in [2.24, 2.45) is 0 Å². The molecule has 1 fully saturated rings. The number of ether oxygens (including phenoxy) is 1. The lowest BCUT2D eigenvalue weighted by Crippen LogP contribution is -2.36. The van der Waals surface area contributed by atoms with Crippen LogP contribution in [0.15, 0.2) is 16.6 Å². The monoisotopic (exact) mass is 327 g/mol. The molecule has 0 bridgehead atoms. The van der Waals surface area contributed by atoms with Crippen molar-refractivity contribution in [1.82, 2.24) is 4.90 Å². The molecule has 1 heterocycles. The maximum absolute atomic E-state index is 9.93. The van der Waals surface area contributed by atoms with E-state index in [1.54, 1.807) is 0 Å². The van der Waals surface area contributed by atoms with E-state index >= 15 is 0 Å². The van der Waals surface area contributed by atoms with E-state index in [1.165, 1.54) is 24.8 Å². The van der Waals surface area contributed by atoms with Gasteiger partial charge in [0, 0.05) is 12.6 Å². The van der Waals surface area contributed by atoms with Crippen molar-refractivity contribution >= 4 is 15.9 Å². The molecule has 106 valence electrons. The van der Waals surface area contributed by atoms with Crippen molar-refractivity contribution in [2.45, 2.75) is 45.7 Å². The zero-order chi connectivity index (χ0) is 13.8. The summed E-state index contributed by atoms with van der Waals surface area (Å²) in [6.07, 6.45) is 3.89. The molecule has 19 heavy (non-hydrogen) atoms. The Hall–Kier alpha value is -0.740. The quantitative estimate of drug-likeness (QED) is 0.909. The fourth-order valence-corrected chi connectivity index (χ4v) is 3.10. The number of piperidine rings is 1. The summed E-state index contributed by atoms with van der Waals surface area (Å²) in [7, 11) is 0. The second-order valence-electron chi connectivity index (χ2n) is 5.17. The van der Waals surface area contributed by atoms with Gasteiger partial charge in [0.25, 0.3) is 0 Å². The Morgan fingerprint density at radius 2 is 2.21 bits per heavy atom. The average Bonchev–Trinajstić information content (AvgIpc) is 2.38. The summed E-state index contributed by atoms with van der Waals surface area (Å²) in [5, 5.41) is 9.93. The summed E-state index contributed by atoms with van der Waals surface area (Å²) < 4.78 is 6.18. The molecule has 1 N–H and O–H groups in total. The molecular weight excluding hydrogens is 306 g/mol. The van der Waals surface area contributed by atoms with Gasteiger partial charge in [-0.3, -0.25) is 4.90 Å². The molecule has 0 radical (unpaired) electrons. The van der Waals surface area contributed by atoms with Gasteiger partial charge in [-0.2, -0.15) is 0 Å². The number of halogens is 1. The van der Waals surface area contributed by atoms with Gasteiger partial charge in [-0.15, -0.1) is 0 Å². The fraction of sp³-hybridized carbons (Fsp3) is 0.600. The van der Waals surface area contributed by atoms with E-state index in [2.05, 4.69) is 27.8 Å². The van der Waals surface area contributed by atoms with Gasteiger partial charge in [0.2, 0.25) is 0 Å². The predicted molar refractivity (Wildman–Crippen MR) is 80.7 cm³/mol. The summed E-state index contributed by atoms with van der Waals surface area (Å²) in [5.41, 5.74) is 1.18. The molecule has 0 spiro atoms. The van der Waals surface area contributed by atoms with Crippen LogP contribution in [0.3, 0.4) is 0 Å². The van der Waals surface area contributed by atoms with Gasteiger partial charge < -0.3 is 9.84 Å². The van der Waals surface area contributed by atoms with Crippen molar-refractivity contribution in [3.63, 3.8) is 0 Å². The number of aromatic hydroxyl groups is 1. The molecule has 1 unspecified atom stereocenters. The average molecular weight is 328 g/mol. The van der Waals surface area contributed by atoms with E-state index in [9.17, 15) is 5.11 Å². The lowest BCUT2D eigenvalue weighted by molar-refractivity contribution is 0.152. The Balaban J connectivity index is 2.15. The number of likely N-dealkylation sites (tertiary alicyclic amines) is 1. The van der Waals surface area contributed by atoms with Crippen LogP contribution in [0.2, 0.25) is 0 Å². The minimum absolute atomic E-state index is 0.192. The molecule has 1 atom stereocenters. The van der Waals surface area contributed by atoms with Gasteiger partial charge in [-0.1, -0.05) is 6.42 Å². The van der Waals surface area contributed by atoms with Crippen LogP contribution in [0.4, 0.5) is 0 Å². The van der Waals surface area contributed by atoms with E-state index in [0.717, 1.165) is 13.1 Å². The van der Waals surface area contributed by atoms with Crippen molar-refractivity contribution in [2.75, 3.05) is 13.2 Å². The lowest BCUT2D eigenvalue weighted by Gasteiger charge is -2.33. The van der Waals surface area contributed by atoms with Crippen LogP contribution in [0, 0.1) is 0 Å². The normalized spacial score (nSPS) is 20.5. The number of phenols is 1. The molecule has 0 amide bonds. The van der Waals surface area contributed by atoms with E-state index in [4.69, 9.17) is 4.74 Å². The van der Waals surface area contributed by atoms with Crippen LogP contribution >= 0.6 is 15.9 Å². The first-order valence-electron chi connectivity index (χ1n) is 7.00. The lowest BCUT2D eigenvalue weighted by atomic mass is 10.0. The van der Waals surface area contributed by atoms with Gasteiger partial charge in [0.15, 0.2) is 11.5 Å². The highest BCUT2D eigenvalue weighted by molar-refractivity contribution is 9.10. The maximum atomic E-state index is 9.93. The summed E-state index contributed by atoms with van der Waals surface area (Å²) >= 11 is 3.40. The van der Waals surface area contributed by atoms with Crippen LogP contribution < -0.4 is 4.74 Å². The molecule has 1 aliphatic rings. The third-order valence-electron chi connectivity index (χ3n) is 3.71. The molecule has 1 aromatic rings. The first-order valence-corrected chi connectivity index (χ1v) is 7.79. The summed E-state index contributed by atoms with van der Waals surface area (Å²) in [5.74, 6) is 0.758. The first-order chi connectivity index (χ1) is 9.11. The number of phenolic OH excluding ortho intramolecular Hbond substituents is 1. The highest BCUT2D eigenvalue weighted by Gasteiger charge is 2.19. The smallest absolute Gasteiger partial charge is 0.172 e. The SMILES string of the molecule is CCOc1cc(CN2CCCCC2C)cc(Br)c1O. The van der Waals surface area contributed by atoms with Crippen molar-refractivity contribution in [3.8, 4) is 11.5 Å². The minimum atomic E-state index is 0.192. The Bertz CT molecular complexity index is 436. The molecule has 2 rings (SSSR count). The Morgan fingerprint density at radius 3 is 2.89 bits per heavy atom. The van der Waals surface area contributed by atoms with Gasteiger partial charge in [-0.05, 0) is 66.9 Å². The first kappa shape index (κ1) is 14.7. The van der Waals surface area contributed by atoms with Crippen molar-refractivity contribution < 1.29 is 9.84 Å². The molecule has 0 aromatic heterocycles. The topological polar surface area (TPSA) is 32.7 Å². The third-order valence-corrected chi connectivity index (χ3v) is 4.32. The molecule has 4 heteroatoms. The molecule has 0 saturated carbocycles. The molecule has 1 aliphatic heterocycles. The molecule has 0 aliphatic carbocycles. The zero-order valence-electron chi connectivity index (χ0n) is 11.7. The van der Waals surface area contributed by atoms with Crippen LogP contribution in [-0.2, 0) is 6.54 Å². The minimum Gasteiger partial charge on any atom is -0.503 e. The Morgan fingerprint density at radius 1 is 1.42 bits per heavy atom. The number of nitrogens with zero attached hydrogens (tertiary/aromatic N) is 1. The highest BCUT2D eigenvalue weighted by atomic mass is 79.9. The van der Waals surface area contributed by atoms with Crippen LogP contribution in [0.1, 0.15) is 38.7 Å². The van der Waals surface area contributed by atoms with Crippen LogP contribution in [-0.4, -0.2) is 29.2 Å². The van der Waals surface area contributed by atoms with Gasteiger partial charge >= 0.3 is 0 Å². The second-order valence-corrected chi connectivity index (χ2v) is 6.03. The molecular formula is C15H22BrNO2. The predicted octanol–water partition coefficient (Wildman–Crippen LogP) is 3.93. The van der Waals surface area contributed by atoms with E-state index in [-0.39, 0.29) is 5.75 Å². The van der Waals surface area contributed by atoms with E-state index < -0.39 is 0 Å². The summed E-state index contributed by atoms with van der Waals surface area (Å²) in [4.78, 5) is 2.50. The molecule has 3 nitrogen and oxygen atoms in total. The second kappa shape index (κ2) is 6.62. The van der Waals surface area contributed by atoms with Gasteiger partial charge in [0.05, 0.1) is 11.1 Å². The Labute approximate surface area is 123 Å². The number of hydrogen-bond acceptors (Lipinski definition) is 3. The summed E-state index contributed by atoms with van der Waals surface area (Å²) in [6, 6.07) is 4.57. The Kier molecular flexibility index (Phi) is 5.11. The standard InChI is InChI=1S/C15H22BrNO2/c1-3-19-14-9-12(8-13(16)15(14)18)10-17-7-5-4-6-11(17)2/h8-9,11,18H,3-7,10H2,1-2H3. The van der Waals surface area contributed by atoms with Crippen molar-refractivity contribution in [1.29, 1.82) is 0 Å². The van der Waals surface area contributed by atoms with Crippen molar-refractivity contribution in [3.05, 3.63) is 22.2 Å². The fourth-order valence-electron chi connectivity index (χ4n) is 2.61. The van der Waals surface area contributed by atoms with Gasteiger partial charge in [0.1, 0.15) is 0 Å². The van der Waals surface area contributed by atoms with E-state index in [1.807, 2.05) is 19.1 Å². The summed E-state index contributed by atoms with van der Waals surface area (Å²) in [6.45, 7) is 6.85. The number of hydrogen-bond donors (Lipinski definition) is 1. The largest absolute Gasteiger partial charge is 0.503 e. The molecule has 1 aromatic carbocycles. The molecule has 1 saturated heterocycles. The number of rotatable bonds is 4. The number of benzene rings is 1. The van der Waals surface area contributed by atoms with Crippen LogP contribution in [0.5, 0.6) is 11.5 Å².